The Balaban J connectivity index is 2.94. The van der Waals surface area contributed by atoms with Gasteiger partial charge in [-0.25, -0.2) is 4.98 Å². The Bertz CT molecular complexity index is 460. The van der Waals surface area contributed by atoms with E-state index in [9.17, 15) is 10.1 Å². The van der Waals surface area contributed by atoms with Gasteiger partial charge in [0, 0.05) is 18.7 Å². The highest BCUT2D eigenvalue weighted by atomic mass is 35.5. The van der Waals surface area contributed by atoms with Gasteiger partial charge in [0.15, 0.2) is 0 Å². The molecule has 6 nitrogen and oxygen atoms in total. The molecule has 1 aromatic heterocycles. The van der Waals surface area contributed by atoms with E-state index in [4.69, 9.17) is 16.7 Å². The molecule has 1 heterocycles. The largest absolute Gasteiger partial charge is 0.396 e. The first-order valence-electron chi connectivity index (χ1n) is 5.93. The number of aliphatic hydroxyl groups excluding tert-OH is 1. The lowest BCUT2D eigenvalue weighted by Gasteiger charge is -2.31. The van der Waals surface area contributed by atoms with Crippen molar-refractivity contribution in [3.63, 3.8) is 0 Å². The zero-order chi connectivity index (χ0) is 14.6. The lowest BCUT2D eigenvalue weighted by Crippen LogP contribution is -2.35. The highest BCUT2D eigenvalue weighted by molar-refractivity contribution is 6.33. The molecule has 19 heavy (non-hydrogen) atoms. The van der Waals surface area contributed by atoms with Crippen molar-refractivity contribution in [1.82, 2.24) is 4.98 Å². The monoisotopic (exact) mass is 287 g/mol. The topological polar surface area (TPSA) is 88.3 Å². The quantitative estimate of drug-likeness (QED) is 0.642. The number of hydrogen-bond acceptors (Lipinski definition) is 5. The van der Waals surface area contributed by atoms with Crippen LogP contribution in [0.2, 0.25) is 5.02 Å². The Morgan fingerprint density at radius 1 is 1.58 bits per heavy atom. The summed E-state index contributed by atoms with van der Waals surface area (Å²) in [5, 5.41) is 23.0. The van der Waals surface area contributed by atoms with Crippen molar-refractivity contribution >= 4 is 23.1 Å². The van der Waals surface area contributed by atoms with Crippen LogP contribution in [0.25, 0.3) is 0 Å². The lowest BCUT2D eigenvalue weighted by atomic mass is 9.85. The number of nitrogens with zero attached hydrogens (tertiary/aromatic N) is 2. The number of halogens is 1. The van der Waals surface area contributed by atoms with Crippen LogP contribution in [0.1, 0.15) is 27.2 Å². The number of pyridine rings is 1. The molecule has 1 atom stereocenters. The van der Waals surface area contributed by atoms with E-state index >= 15 is 0 Å². The maximum Gasteiger partial charge on any atom is 0.289 e. The molecule has 0 aliphatic heterocycles. The van der Waals surface area contributed by atoms with Crippen molar-refractivity contribution in [2.75, 3.05) is 11.9 Å². The van der Waals surface area contributed by atoms with Crippen molar-refractivity contribution in [2.24, 2.45) is 5.41 Å². The second-order valence-electron chi connectivity index (χ2n) is 5.36. The summed E-state index contributed by atoms with van der Waals surface area (Å²) >= 11 is 5.98. The number of rotatable bonds is 5. The van der Waals surface area contributed by atoms with Crippen LogP contribution in [0, 0.1) is 15.5 Å². The van der Waals surface area contributed by atoms with Gasteiger partial charge in [0.25, 0.3) is 5.69 Å². The van der Waals surface area contributed by atoms with Crippen LogP contribution in [-0.4, -0.2) is 27.7 Å². The van der Waals surface area contributed by atoms with Crippen molar-refractivity contribution < 1.29 is 10.0 Å². The van der Waals surface area contributed by atoms with Gasteiger partial charge >= 0.3 is 0 Å². The fourth-order valence-electron chi connectivity index (χ4n) is 1.65. The summed E-state index contributed by atoms with van der Waals surface area (Å²) < 4.78 is 0. The Hall–Kier alpha value is -1.40. The summed E-state index contributed by atoms with van der Waals surface area (Å²) in [6.07, 6.45) is 1.70. The average Bonchev–Trinajstić information content (AvgIpc) is 2.29. The number of nitrogens with one attached hydrogen (secondary N) is 1. The Labute approximate surface area is 117 Å². The Morgan fingerprint density at radius 3 is 2.63 bits per heavy atom. The molecule has 0 spiro atoms. The van der Waals surface area contributed by atoms with Crippen LogP contribution in [-0.2, 0) is 0 Å². The van der Waals surface area contributed by atoms with Gasteiger partial charge in [-0.2, -0.15) is 0 Å². The fraction of sp³-hybridized carbons (Fsp3) is 0.583. The summed E-state index contributed by atoms with van der Waals surface area (Å²) in [6.45, 7) is 6.12. The molecule has 0 aliphatic rings. The van der Waals surface area contributed by atoms with Gasteiger partial charge in [0.1, 0.15) is 12.0 Å². The first-order chi connectivity index (χ1) is 8.75. The molecule has 0 aromatic carbocycles. The van der Waals surface area contributed by atoms with E-state index in [2.05, 4.69) is 10.3 Å². The summed E-state index contributed by atoms with van der Waals surface area (Å²) in [5.74, 6) is 0.389. The smallest absolute Gasteiger partial charge is 0.289 e. The Morgan fingerprint density at radius 2 is 2.21 bits per heavy atom. The molecule has 0 saturated heterocycles. The molecule has 0 bridgehead atoms. The average molecular weight is 288 g/mol. The van der Waals surface area contributed by atoms with Crippen molar-refractivity contribution in [2.45, 2.75) is 33.2 Å². The summed E-state index contributed by atoms with van der Waals surface area (Å²) in [4.78, 5) is 14.0. The second kappa shape index (κ2) is 6.16. The number of aromatic nitrogens is 1. The van der Waals surface area contributed by atoms with Crippen molar-refractivity contribution in [3.05, 3.63) is 27.4 Å². The van der Waals surface area contributed by atoms with Gasteiger partial charge in [-0.05, 0) is 11.8 Å². The van der Waals surface area contributed by atoms with E-state index in [1.807, 2.05) is 20.8 Å². The van der Waals surface area contributed by atoms with Crippen LogP contribution in [0.15, 0.2) is 12.3 Å². The van der Waals surface area contributed by atoms with Gasteiger partial charge < -0.3 is 10.4 Å². The molecule has 106 valence electrons. The molecular weight excluding hydrogens is 270 g/mol. The molecule has 1 rings (SSSR count). The summed E-state index contributed by atoms with van der Waals surface area (Å²) in [6, 6.07) is 1.22. The van der Waals surface area contributed by atoms with Crippen molar-refractivity contribution in [1.29, 1.82) is 0 Å². The second-order valence-corrected chi connectivity index (χ2v) is 5.76. The minimum absolute atomic E-state index is 0.0380. The van der Waals surface area contributed by atoms with E-state index in [-0.39, 0.29) is 28.8 Å². The number of hydrogen-bond donors (Lipinski definition) is 2. The standard InChI is InChI=1S/C12H18ClN3O3/c1-12(2,3)10(4-5-17)15-11-9(13)6-8(7-14-11)16(18)19/h6-7,10,17H,4-5H2,1-3H3,(H,14,15). The SMILES string of the molecule is CC(C)(C)C(CCO)Nc1ncc([N+](=O)[O-])cc1Cl. The maximum absolute atomic E-state index is 10.6. The molecule has 0 fully saturated rings. The fourth-order valence-corrected chi connectivity index (χ4v) is 1.86. The third kappa shape index (κ3) is 4.33. The number of nitro groups is 1. The summed E-state index contributed by atoms with van der Waals surface area (Å²) in [7, 11) is 0. The van der Waals surface area contributed by atoms with E-state index in [1.165, 1.54) is 6.07 Å². The van der Waals surface area contributed by atoms with E-state index in [1.54, 1.807) is 0 Å². The maximum atomic E-state index is 10.6. The van der Waals surface area contributed by atoms with Gasteiger partial charge in [-0.15, -0.1) is 0 Å². The molecule has 2 N–H and O–H groups in total. The highest BCUT2D eigenvalue weighted by Gasteiger charge is 2.25. The third-order valence-electron chi connectivity index (χ3n) is 2.81. The highest BCUT2D eigenvalue weighted by Crippen LogP contribution is 2.29. The minimum Gasteiger partial charge on any atom is -0.396 e. The molecule has 1 aromatic rings. The van der Waals surface area contributed by atoms with Crippen LogP contribution >= 0.6 is 11.6 Å². The molecule has 0 aliphatic carbocycles. The molecule has 7 heteroatoms. The molecule has 0 radical (unpaired) electrons. The predicted molar refractivity (Wildman–Crippen MR) is 74.5 cm³/mol. The Kier molecular flexibility index (Phi) is 5.08. The van der Waals surface area contributed by atoms with Crippen molar-refractivity contribution in [3.8, 4) is 0 Å². The first-order valence-corrected chi connectivity index (χ1v) is 6.31. The number of anilines is 1. The van der Waals surface area contributed by atoms with Gasteiger partial charge in [-0.1, -0.05) is 32.4 Å². The van der Waals surface area contributed by atoms with E-state index < -0.39 is 4.92 Å². The van der Waals surface area contributed by atoms with Gasteiger partial charge in [0.2, 0.25) is 0 Å². The molecule has 1 unspecified atom stereocenters. The molecule has 0 amide bonds. The van der Waals surface area contributed by atoms with Crippen LogP contribution in [0.3, 0.4) is 0 Å². The van der Waals surface area contributed by atoms with Gasteiger partial charge in [0.05, 0.1) is 9.95 Å². The zero-order valence-electron chi connectivity index (χ0n) is 11.2. The summed E-state index contributed by atoms with van der Waals surface area (Å²) in [5.41, 5.74) is -0.250. The minimum atomic E-state index is -0.544. The predicted octanol–water partition coefficient (Wildman–Crippen LogP) is 2.85. The van der Waals surface area contributed by atoms with E-state index in [0.29, 0.717) is 12.2 Å². The zero-order valence-corrected chi connectivity index (χ0v) is 11.9. The molecule has 0 saturated carbocycles. The van der Waals surface area contributed by atoms with Crippen LogP contribution < -0.4 is 5.32 Å². The normalized spacial score (nSPS) is 13.1. The van der Waals surface area contributed by atoms with Crippen LogP contribution in [0.5, 0.6) is 0 Å². The third-order valence-corrected chi connectivity index (χ3v) is 3.10. The van der Waals surface area contributed by atoms with Gasteiger partial charge in [-0.3, -0.25) is 10.1 Å². The van der Waals surface area contributed by atoms with E-state index in [0.717, 1.165) is 6.20 Å². The molecular formula is C12H18ClN3O3. The lowest BCUT2D eigenvalue weighted by molar-refractivity contribution is -0.385. The first kappa shape index (κ1) is 15.7. The van der Waals surface area contributed by atoms with Crippen LogP contribution in [0.4, 0.5) is 11.5 Å². The number of aliphatic hydroxyl groups is 1.